The molecule has 0 spiro atoms. The fourth-order valence-electron chi connectivity index (χ4n) is 10.6. The first kappa shape index (κ1) is 97.0. The molecule has 0 rings (SSSR count). The number of esters is 3. The molecule has 0 aliphatic rings. The van der Waals surface area contributed by atoms with Crippen molar-refractivity contribution in [2.75, 3.05) is 39.6 Å². The van der Waals surface area contributed by atoms with Gasteiger partial charge < -0.3 is 34.2 Å². The van der Waals surface area contributed by atoms with Crippen molar-refractivity contribution in [3.8, 4) is 0 Å². The normalized spacial score (nSPS) is 14.6. The number of allylic oxidation sites excluding steroid dienone is 20. The summed E-state index contributed by atoms with van der Waals surface area (Å²) in [5.41, 5.74) is 0. The molecule has 18 heteroatoms. The van der Waals surface area contributed by atoms with Gasteiger partial charge in [0.05, 0.1) is 26.4 Å². The molecule has 0 amide bonds. The molecule has 0 aliphatic carbocycles. The van der Waals surface area contributed by atoms with Gasteiger partial charge in [-0.3, -0.25) is 32.5 Å². The number of ether oxygens (including phenoxy) is 3. The summed E-state index contributed by atoms with van der Waals surface area (Å²) >= 11 is 0. The highest BCUT2D eigenvalue weighted by Gasteiger charge is 2.29. The maximum absolute atomic E-state index is 12.9. The molecule has 5 unspecified atom stereocenters. The molecule has 0 saturated heterocycles. The first-order valence-corrected chi connectivity index (χ1v) is 42.8. The van der Waals surface area contributed by atoms with Gasteiger partial charge in [-0.25, -0.2) is 9.13 Å². The van der Waals surface area contributed by atoms with Gasteiger partial charge in [0, 0.05) is 19.3 Å². The second-order valence-corrected chi connectivity index (χ2v) is 29.4. The zero-order valence-corrected chi connectivity index (χ0v) is 65.3. The number of rotatable bonds is 75. The van der Waals surface area contributed by atoms with Crippen LogP contribution in [0.3, 0.4) is 0 Å². The standard InChI is InChI=1S/C83H144O16P2/c1-4-7-10-13-16-19-22-24-26-28-30-32-34-36-37-38-39-41-43-44-46-48-50-52-55-57-60-63-66-69-81(86)93-72-78(84)73-95-100(89,90)96-74-79(85)75-97-101(91,92)98-77-80(99-83(88)71-68-65-62-59-54-21-18-15-12-9-6-3)76-94-82(87)70-67-64-61-58-56-53-51-49-47-45-42-40-35-33-31-29-27-25-23-20-17-14-11-8-5-2/h8,11,16-17,19-20,24-27,30-33,36-37,40,42,47,49,78-80,84-85H,4-7,9-10,12-15,18,21-23,28-29,34-35,38-39,41,43-46,48,50-77H2,1-3H3,(H,89,90)(H,91,92)/b11-8-,19-16-,20-17-,26-24-,27-25-,32-30-,33-31-,37-36-,42-40-,49-47-. The van der Waals surface area contributed by atoms with Gasteiger partial charge in [-0.2, -0.15) is 0 Å². The third kappa shape index (κ3) is 76.9. The largest absolute Gasteiger partial charge is 0.472 e. The average Bonchev–Trinajstić information content (AvgIpc) is 0.950. The van der Waals surface area contributed by atoms with Crippen molar-refractivity contribution in [2.24, 2.45) is 0 Å². The molecule has 582 valence electrons. The Labute approximate surface area is 614 Å². The predicted octanol–water partition coefficient (Wildman–Crippen LogP) is 23.3. The molecule has 0 bridgehead atoms. The molecule has 0 aliphatic heterocycles. The smallest absolute Gasteiger partial charge is 0.463 e. The number of aliphatic hydroxyl groups excluding tert-OH is 2. The minimum Gasteiger partial charge on any atom is -0.463 e. The Morgan fingerprint density at radius 2 is 0.525 bits per heavy atom. The zero-order chi connectivity index (χ0) is 73.7. The van der Waals surface area contributed by atoms with E-state index in [1.807, 2.05) is 0 Å². The van der Waals surface area contributed by atoms with Crippen LogP contribution in [0.5, 0.6) is 0 Å². The van der Waals surface area contributed by atoms with Crippen LogP contribution in [0.15, 0.2) is 122 Å². The zero-order valence-electron chi connectivity index (χ0n) is 63.5. The number of carbonyl (C=O) groups excluding carboxylic acids is 3. The molecule has 0 fully saturated rings. The quantitative estimate of drug-likeness (QED) is 0.0146. The molecule has 4 N–H and O–H groups in total. The van der Waals surface area contributed by atoms with Gasteiger partial charge in [0.25, 0.3) is 0 Å². The Morgan fingerprint density at radius 3 is 0.851 bits per heavy atom. The van der Waals surface area contributed by atoms with Gasteiger partial charge in [0.2, 0.25) is 0 Å². The summed E-state index contributed by atoms with van der Waals surface area (Å²) in [5.74, 6) is -1.59. The molecular formula is C83H144O16P2. The predicted molar refractivity (Wildman–Crippen MR) is 417 cm³/mol. The van der Waals surface area contributed by atoms with Gasteiger partial charge >= 0.3 is 33.6 Å². The summed E-state index contributed by atoms with van der Waals surface area (Å²) in [5, 5.41) is 20.6. The van der Waals surface area contributed by atoms with E-state index in [4.69, 9.17) is 32.3 Å². The number of hydrogen-bond donors (Lipinski definition) is 4. The average molecular weight is 1460 g/mol. The first-order chi connectivity index (χ1) is 49.2. The maximum Gasteiger partial charge on any atom is 0.472 e. The Kier molecular flexibility index (Phi) is 72.6. The topological polar surface area (TPSA) is 231 Å². The van der Waals surface area contributed by atoms with Crippen LogP contribution in [0.2, 0.25) is 0 Å². The second-order valence-electron chi connectivity index (χ2n) is 26.5. The van der Waals surface area contributed by atoms with Gasteiger partial charge in [-0.05, 0) is 116 Å². The summed E-state index contributed by atoms with van der Waals surface area (Å²) < 4.78 is 61.1. The Balaban J connectivity index is 4.46. The number of phosphoric ester groups is 2. The van der Waals surface area contributed by atoms with E-state index in [9.17, 15) is 43.5 Å². The second kappa shape index (κ2) is 75.6. The van der Waals surface area contributed by atoms with E-state index in [2.05, 4.69) is 142 Å². The van der Waals surface area contributed by atoms with E-state index in [-0.39, 0.29) is 19.3 Å². The fraction of sp³-hybridized carbons (Fsp3) is 0.723. The van der Waals surface area contributed by atoms with Gasteiger partial charge in [-0.1, -0.05) is 316 Å². The molecule has 0 heterocycles. The van der Waals surface area contributed by atoms with Crippen LogP contribution in [0.4, 0.5) is 0 Å². The van der Waals surface area contributed by atoms with Crippen molar-refractivity contribution in [3.05, 3.63) is 122 Å². The SMILES string of the molecule is CC/C=C\C/C=C\C/C=C\C/C=C\C/C=C\C/C=C\CCCCCCCCC(=O)OCC(COP(=O)(O)OCC(O)COP(=O)(O)OCC(O)COC(=O)CCCCCCCCCCCCCCC/C=C\C/C=C\C/C=C\C/C=C\CCCCC)OC(=O)CCCCCCCCCCCCC. The minimum atomic E-state index is -4.93. The Morgan fingerprint density at radius 1 is 0.287 bits per heavy atom. The highest BCUT2D eigenvalue weighted by molar-refractivity contribution is 7.47. The lowest BCUT2D eigenvalue weighted by Gasteiger charge is -2.21. The van der Waals surface area contributed by atoms with Gasteiger partial charge in [-0.15, -0.1) is 0 Å². The maximum atomic E-state index is 12.9. The summed E-state index contributed by atoms with van der Waals surface area (Å²) in [6.45, 7) is 2.53. The highest BCUT2D eigenvalue weighted by Crippen LogP contribution is 2.45. The van der Waals surface area contributed by atoms with Crippen LogP contribution in [-0.4, -0.2) is 95.9 Å². The molecule has 16 nitrogen and oxygen atoms in total. The van der Waals surface area contributed by atoms with E-state index in [0.717, 1.165) is 148 Å². The van der Waals surface area contributed by atoms with Crippen LogP contribution < -0.4 is 0 Å². The van der Waals surface area contributed by atoms with E-state index < -0.39 is 91.5 Å². The molecule has 0 aromatic carbocycles. The number of carbonyl (C=O) groups is 3. The molecule has 0 aromatic heterocycles. The van der Waals surface area contributed by atoms with E-state index in [1.54, 1.807) is 0 Å². The van der Waals surface area contributed by atoms with Crippen molar-refractivity contribution < 1.29 is 75.8 Å². The van der Waals surface area contributed by atoms with Crippen LogP contribution in [0.25, 0.3) is 0 Å². The van der Waals surface area contributed by atoms with Crippen LogP contribution >= 0.6 is 15.6 Å². The lowest BCUT2D eigenvalue weighted by Crippen LogP contribution is -2.30. The van der Waals surface area contributed by atoms with Gasteiger partial charge in [0.15, 0.2) is 6.10 Å². The van der Waals surface area contributed by atoms with E-state index >= 15 is 0 Å². The highest BCUT2D eigenvalue weighted by atomic mass is 31.2. The molecular weight excluding hydrogens is 1310 g/mol. The summed E-state index contributed by atoms with van der Waals surface area (Å²) in [7, 11) is -9.78. The van der Waals surface area contributed by atoms with E-state index in [0.29, 0.717) is 19.3 Å². The van der Waals surface area contributed by atoms with Crippen molar-refractivity contribution in [2.45, 2.75) is 347 Å². The number of phosphoric acid groups is 2. The monoisotopic (exact) mass is 1460 g/mol. The number of unbranched alkanes of at least 4 members (excludes halogenated alkanes) is 32. The lowest BCUT2D eigenvalue weighted by atomic mass is 10.0. The van der Waals surface area contributed by atoms with E-state index in [1.165, 1.54) is 122 Å². The molecule has 5 atom stereocenters. The molecule has 0 saturated carbocycles. The van der Waals surface area contributed by atoms with Crippen LogP contribution in [-0.2, 0) is 55.8 Å². The van der Waals surface area contributed by atoms with Crippen molar-refractivity contribution in [3.63, 3.8) is 0 Å². The lowest BCUT2D eigenvalue weighted by molar-refractivity contribution is -0.161. The summed E-state index contributed by atoms with van der Waals surface area (Å²) in [4.78, 5) is 58.6. The summed E-state index contributed by atoms with van der Waals surface area (Å²) in [6, 6.07) is 0. The third-order valence-corrected chi connectivity index (χ3v) is 18.6. The number of aliphatic hydroxyl groups is 2. The Hall–Kier alpha value is -4.05. The molecule has 101 heavy (non-hydrogen) atoms. The molecule has 0 radical (unpaired) electrons. The Bertz CT molecular complexity index is 2320. The van der Waals surface area contributed by atoms with Crippen LogP contribution in [0, 0.1) is 0 Å². The van der Waals surface area contributed by atoms with Crippen molar-refractivity contribution in [1.82, 2.24) is 0 Å². The fourth-order valence-corrected chi connectivity index (χ4v) is 12.2. The third-order valence-electron chi connectivity index (χ3n) is 16.7. The van der Waals surface area contributed by atoms with Crippen LogP contribution in [0.1, 0.15) is 329 Å². The summed E-state index contributed by atoms with van der Waals surface area (Å²) in [6.07, 6.45) is 89.7. The van der Waals surface area contributed by atoms with Crippen molar-refractivity contribution >= 4 is 33.6 Å². The van der Waals surface area contributed by atoms with Gasteiger partial charge in [0.1, 0.15) is 25.4 Å². The first-order valence-electron chi connectivity index (χ1n) is 39.8. The minimum absolute atomic E-state index is 0.102. The number of hydrogen-bond acceptors (Lipinski definition) is 14. The molecule has 0 aromatic rings. The van der Waals surface area contributed by atoms with Crippen molar-refractivity contribution in [1.29, 1.82) is 0 Å².